The molecule has 13 heavy (non-hydrogen) atoms. The van der Waals surface area contributed by atoms with Gasteiger partial charge in [0.05, 0.1) is 5.56 Å². The van der Waals surface area contributed by atoms with Crippen LogP contribution >= 0.6 is 11.6 Å². The number of nitrogens with one attached hydrogen (secondary N) is 1. The summed E-state index contributed by atoms with van der Waals surface area (Å²) in [4.78, 5) is 10.8. The lowest BCUT2D eigenvalue weighted by Crippen LogP contribution is -2.10. The Labute approximate surface area is 75.9 Å². The third kappa shape index (κ3) is 1.82. The average molecular weight is 213 g/mol. The molecule has 0 fully saturated rings. The van der Waals surface area contributed by atoms with E-state index in [1.807, 2.05) is 5.10 Å². The number of ketones is 1. The normalized spacial score (nSPS) is 11.8. The zero-order valence-corrected chi connectivity index (χ0v) is 7.12. The molecule has 1 rings (SSSR count). The van der Waals surface area contributed by atoms with Gasteiger partial charge in [-0.3, -0.25) is 9.89 Å². The number of carbonyl (C=O) groups excluding carboxylic acids is 1. The summed E-state index contributed by atoms with van der Waals surface area (Å²) >= 11 is 5.31. The number of Topliss-reactive ketones (excluding diaryl/α,β-unsaturated/α-hetero) is 1. The number of hydrogen-bond acceptors (Lipinski definition) is 2. The fourth-order valence-electron chi connectivity index (χ4n) is 0.847. The fraction of sp³-hybridized carbons (Fsp3) is 0.333. The topological polar surface area (TPSA) is 45.8 Å². The minimum atomic E-state index is -4.66. The quantitative estimate of drug-likeness (QED) is 0.726. The molecule has 0 atom stereocenters. The van der Waals surface area contributed by atoms with Gasteiger partial charge in [-0.15, -0.1) is 0 Å². The SMILES string of the molecule is CC(=O)c1c(C(F)(F)F)n[nH]c1Cl. The van der Waals surface area contributed by atoms with E-state index in [0.29, 0.717) is 0 Å². The lowest BCUT2D eigenvalue weighted by molar-refractivity contribution is -0.141. The van der Waals surface area contributed by atoms with E-state index in [4.69, 9.17) is 11.6 Å². The standard InChI is InChI=1S/C6H4ClF3N2O/c1-2(13)3-4(6(8,9)10)11-12-5(3)7/h1H3,(H,11,12). The molecule has 3 nitrogen and oxygen atoms in total. The molecule has 0 aliphatic heterocycles. The second kappa shape index (κ2) is 3.02. The van der Waals surface area contributed by atoms with Crippen LogP contribution in [-0.4, -0.2) is 16.0 Å². The third-order valence-corrected chi connectivity index (χ3v) is 1.62. The molecule has 0 unspecified atom stereocenters. The van der Waals surface area contributed by atoms with Crippen LogP contribution in [0.2, 0.25) is 5.15 Å². The average Bonchev–Trinajstić information content (AvgIpc) is 2.28. The number of H-pyrrole nitrogens is 1. The number of hydrogen-bond donors (Lipinski definition) is 1. The van der Waals surface area contributed by atoms with Crippen LogP contribution in [-0.2, 0) is 6.18 Å². The minimum absolute atomic E-state index is 0.389. The summed E-state index contributed by atoms with van der Waals surface area (Å²) in [7, 11) is 0. The molecule has 0 spiro atoms. The maximum Gasteiger partial charge on any atom is 0.435 e. The van der Waals surface area contributed by atoms with Gasteiger partial charge in [0.15, 0.2) is 11.5 Å². The Morgan fingerprint density at radius 3 is 2.38 bits per heavy atom. The van der Waals surface area contributed by atoms with Gasteiger partial charge in [-0.1, -0.05) is 11.6 Å². The number of carbonyl (C=O) groups is 1. The van der Waals surface area contributed by atoms with Gasteiger partial charge in [-0.2, -0.15) is 18.3 Å². The lowest BCUT2D eigenvalue weighted by atomic mass is 10.2. The summed E-state index contributed by atoms with van der Waals surface area (Å²) in [5.41, 5.74) is -1.89. The van der Waals surface area contributed by atoms with Gasteiger partial charge in [-0.25, -0.2) is 0 Å². The molecule has 1 heterocycles. The first-order valence-corrected chi connectivity index (χ1v) is 3.54. The van der Waals surface area contributed by atoms with Crippen molar-refractivity contribution in [3.05, 3.63) is 16.4 Å². The van der Waals surface area contributed by atoms with E-state index in [1.54, 1.807) is 0 Å². The van der Waals surface area contributed by atoms with Gasteiger partial charge in [0.25, 0.3) is 0 Å². The van der Waals surface area contributed by atoms with Crippen LogP contribution < -0.4 is 0 Å². The molecule has 1 N–H and O–H groups in total. The molecule has 7 heteroatoms. The second-order valence-corrected chi connectivity index (χ2v) is 2.69. The first kappa shape index (κ1) is 10.0. The Balaban J connectivity index is 3.31. The number of halogens is 4. The second-order valence-electron chi connectivity index (χ2n) is 2.32. The van der Waals surface area contributed by atoms with E-state index < -0.39 is 23.2 Å². The van der Waals surface area contributed by atoms with E-state index in [0.717, 1.165) is 6.92 Å². The van der Waals surface area contributed by atoms with Gasteiger partial charge < -0.3 is 0 Å². The maximum atomic E-state index is 12.1. The third-order valence-electron chi connectivity index (χ3n) is 1.34. The van der Waals surface area contributed by atoms with E-state index in [2.05, 4.69) is 5.10 Å². The number of rotatable bonds is 1. The fourth-order valence-corrected chi connectivity index (χ4v) is 1.11. The summed E-state index contributed by atoms with van der Waals surface area (Å²) in [6.45, 7) is 0.992. The minimum Gasteiger partial charge on any atom is -0.294 e. The summed E-state index contributed by atoms with van der Waals surface area (Å²) in [5, 5.41) is 4.42. The number of alkyl halides is 3. The van der Waals surface area contributed by atoms with E-state index in [9.17, 15) is 18.0 Å². The van der Waals surface area contributed by atoms with Gasteiger partial charge in [0.1, 0.15) is 5.15 Å². The largest absolute Gasteiger partial charge is 0.435 e. The summed E-state index contributed by atoms with van der Waals surface area (Å²) in [6, 6.07) is 0. The molecule has 1 aromatic heterocycles. The van der Waals surface area contributed by atoms with E-state index in [1.165, 1.54) is 0 Å². The Hall–Kier alpha value is -1.04. The monoisotopic (exact) mass is 212 g/mol. The molecule has 0 saturated heterocycles. The highest BCUT2D eigenvalue weighted by Gasteiger charge is 2.39. The number of aromatic amines is 1. The van der Waals surface area contributed by atoms with Crippen LogP contribution in [0, 0.1) is 0 Å². The maximum absolute atomic E-state index is 12.1. The molecule has 72 valence electrons. The molecule has 1 aromatic rings. The molecular formula is C6H4ClF3N2O. The Morgan fingerprint density at radius 1 is 1.54 bits per heavy atom. The van der Waals surface area contributed by atoms with Crippen LogP contribution in [0.15, 0.2) is 0 Å². The van der Waals surface area contributed by atoms with E-state index >= 15 is 0 Å². The highest BCUT2D eigenvalue weighted by molar-refractivity contribution is 6.32. The molecule has 0 radical (unpaired) electrons. The first-order valence-electron chi connectivity index (χ1n) is 3.16. The van der Waals surface area contributed by atoms with Gasteiger partial charge in [0, 0.05) is 0 Å². The summed E-state index contributed by atoms with van der Waals surface area (Å²) < 4.78 is 36.4. The number of aromatic nitrogens is 2. The van der Waals surface area contributed by atoms with Gasteiger partial charge in [0.2, 0.25) is 0 Å². The highest BCUT2D eigenvalue weighted by atomic mass is 35.5. The van der Waals surface area contributed by atoms with Crippen molar-refractivity contribution in [2.45, 2.75) is 13.1 Å². The first-order chi connectivity index (χ1) is 5.84. The van der Waals surface area contributed by atoms with Gasteiger partial charge in [-0.05, 0) is 6.92 Å². The van der Waals surface area contributed by atoms with Crippen LogP contribution in [0.1, 0.15) is 23.0 Å². The van der Waals surface area contributed by atoms with E-state index in [-0.39, 0.29) is 5.15 Å². The van der Waals surface area contributed by atoms with Crippen LogP contribution in [0.4, 0.5) is 13.2 Å². The zero-order chi connectivity index (χ0) is 10.2. The summed E-state index contributed by atoms with van der Waals surface area (Å²) in [5.74, 6) is -0.772. The molecule has 0 amide bonds. The molecule has 0 aliphatic carbocycles. The Kier molecular flexibility index (Phi) is 2.34. The Morgan fingerprint density at radius 2 is 2.08 bits per heavy atom. The van der Waals surface area contributed by atoms with Crippen LogP contribution in [0.25, 0.3) is 0 Å². The van der Waals surface area contributed by atoms with Crippen molar-refractivity contribution in [3.8, 4) is 0 Å². The van der Waals surface area contributed by atoms with Gasteiger partial charge >= 0.3 is 6.18 Å². The predicted octanol–water partition coefficient (Wildman–Crippen LogP) is 2.28. The molecule has 0 saturated carbocycles. The lowest BCUT2D eigenvalue weighted by Gasteiger charge is -2.02. The van der Waals surface area contributed by atoms with Crippen LogP contribution in [0.3, 0.4) is 0 Å². The Bertz CT molecular complexity index is 344. The van der Waals surface area contributed by atoms with Crippen molar-refractivity contribution in [1.29, 1.82) is 0 Å². The van der Waals surface area contributed by atoms with Crippen molar-refractivity contribution in [1.82, 2.24) is 10.2 Å². The van der Waals surface area contributed by atoms with Crippen molar-refractivity contribution in [2.24, 2.45) is 0 Å². The summed E-state index contributed by atoms with van der Waals surface area (Å²) in [6.07, 6.45) is -4.66. The van der Waals surface area contributed by atoms with Crippen molar-refractivity contribution in [2.75, 3.05) is 0 Å². The van der Waals surface area contributed by atoms with Crippen molar-refractivity contribution >= 4 is 17.4 Å². The molecular weight excluding hydrogens is 209 g/mol. The number of nitrogens with zero attached hydrogens (tertiary/aromatic N) is 1. The molecule has 0 aliphatic rings. The van der Waals surface area contributed by atoms with Crippen LogP contribution in [0.5, 0.6) is 0 Å². The van der Waals surface area contributed by atoms with Crippen molar-refractivity contribution < 1.29 is 18.0 Å². The highest BCUT2D eigenvalue weighted by Crippen LogP contribution is 2.33. The van der Waals surface area contributed by atoms with Crippen molar-refractivity contribution in [3.63, 3.8) is 0 Å². The molecule has 0 bridgehead atoms. The predicted molar refractivity (Wildman–Crippen MR) is 38.6 cm³/mol. The zero-order valence-electron chi connectivity index (χ0n) is 6.37. The smallest absolute Gasteiger partial charge is 0.294 e. The molecule has 0 aromatic carbocycles.